The zero-order valence-electron chi connectivity index (χ0n) is 7.68. The van der Waals surface area contributed by atoms with Gasteiger partial charge in [0, 0.05) is 0 Å². The van der Waals surface area contributed by atoms with Crippen LogP contribution in [0.3, 0.4) is 0 Å². The van der Waals surface area contributed by atoms with E-state index in [0.29, 0.717) is 18.3 Å². The lowest BCUT2D eigenvalue weighted by atomic mass is 10.2. The molecule has 0 unspecified atom stereocenters. The molecule has 0 aromatic heterocycles. The van der Waals surface area contributed by atoms with E-state index >= 15 is 0 Å². The van der Waals surface area contributed by atoms with Crippen LogP contribution >= 0.6 is 22.6 Å². The second-order valence-electron chi connectivity index (χ2n) is 3.26. The predicted octanol–water partition coefficient (Wildman–Crippen LogP) is 3.47. The summed E-state index contributed by atoms with van der Waals surface area (Å²) < 4.78 is 19.3. The Morgan fingerprint density at radius 3 is 2.69 bits per heavy atom. The third-order valence-electron chi connectivity index (χ3n) is 1.48. The van der Waals surface area contributed by atoms with Crippen molar-refractivity contribution in [3.8, 4) is 5.75 Å². The Labute approximate surface area is 91.4 Å². The first-order chi connectivity index (χ1) is 6.11. The molecule has 0 atom stereocenters. The number of halogens is 2. The minimum absolute atomic E-state index is 0.285. The van der Waals surface area contributed by atoms with Gasteiger partial charge in [-0.2, -0.15) is 0 Å². The van der Waals surface area contributed by atoms with Crippen molar-refractivity contribution in [3.05, 3.63) is 27.6 Å². The lowest BCUT2D eigenvalue weighted by Gasteiger charge is -2.10. The van der Waals surface area contributed by atoms with Crippen molar-refractivity contribution in [2.75, 3.05) is 6.61 Å². The van der Waals surface area contributed by atoms with Crippen LogP contribution in [0.2, 0.25) is 0 Å². The van der Waals surface area contributed by atoms with E-state index in [9.17, 15) is 4.39 Å². The fourth-order valence-corrected chi connectivity index (χ4v) is 1.49. The highest BCUT2D eigenvalue weighted by atomic mass is 127. The van der Waals surface area contributed by atoms with Gasteiger partial charge in [-0.1, -0.05) is 19.9 Å². The summed E-state index contributed by atoms with van der Waals surface area (Å²) in [6.45, 7) is 4.62. The van der Waals surface area contributed by atoms with Crippen LogP contribution in [-0.4, -0.2) is 6.61 Å². The summed E-state index contributed by atoms with van der Waals surface area (Å²) in [5, 5.41) is 0. The lowest BCUT2D eigenvalue weighted by Crippen LogP contribution is -2.06. The number of hydrogen-bond acceptors (Lipinski definition) is 1. The molecule has 0 aliphatic carbocycles. The van der Waals surface area contributed by atoms with Crippen LogP contribution in [0.1, 0.15) is 13.8 Å². The summed E-state index contributed by atoms with van der Waals surface area (Å²) in [5.74, 6) is 0.500. The van der Waals surface area contributed by atoms with Crippen LogP contribution in [0.25, 0.3) is 0 Å². The van der Waals surface area contributed by atoms with Gasteiger partial charge in [0.15, 0.2) is 11.6 Å². The van der Waals surface area contributed by atoms with Gasteiger partial charge in [0.2, 0.25) is 0 Å². The van der Waals surface area contributed by atoms with E-state index in [2.05, 4.69) is 22.6 Å². The molecule has 1 nitrogen and oxygen atoms in total. The highest BCUT2D eigenvalue weighted by molar-refractivity contribution is 14.1. The fourth-order valence-electron chi connectivity index (χ4n) is 0.870. The second kappa shape index (κ2) is 4.79. The Morgan fingerprint density at radius 2 is 2.15 bits per heavy atom. The number of rotatable bonds is 3. The Morgan fingerprint density at radius 1 is 1.46 bits per heavy atom. The molecule has 0 saturated heterocycles. The highest BCUT2D eigenvalue weighted by Gasteiger charge is 2.07. The SMILES string of the molecule is CC(C)COc1c(F)cccc1I. The van der Waals surface area contributed by atoms with E-state index in [1.54, 1.807) is 6.07 Å². The highest BCUT2D eigenvalue weighted by Crippen LogP contribution is 2.24. The minimum atomic E-state index is -0.285. The maximum absolute atomic E-state index is 13.2. The normalized spacial score (nSPS) is 10.5. The van der Waals surface area contributed by atoms with Crippen LogP contribution < -0.4 is 4.74 Å². The Kier molecular flexibility index (Phi) is 3.96. The van der Waals surface area contributed by atoms with Crippen molar-refractivity contribution >= 4 is 22.6 Å². The lowest BCUT2D eigenvalue weighted by molar-refractivity contribution is 0.257. The Bertz CT molecular complexity index is 266. The zero-order valence-corrected chi connectivity index (χ0v) is 9.84. The van der Waals surface area contributed by atoms with Crippen LogP contribution in [0.15, 0.2) is 18.2 Å². The van der Waals surface area contributed by atoms with Crippen molar-refractivity contribution in [2.45, 2.75) is 13.8 Å². The maximum Gasteiger partial charge on any atom is 0.168 e. The van der Waals surface area contributed by atoms with Crippen LogP contribution in [0.5, 0.6) is 5.75 Å². The average Bonchev–Trinajstić information content (AvgIpc) is 2.03. The molecule has 0 aliphatic heterocycles. The van der Waals surface area contributed by atoms with Gasteiger partial charge in [-0.3, -0.25) is 0 Å². The van der Waals surface area contributed by atoms with Gasteiger partial charge in [-0.15, -0.1) is 0 Å². The molecule has 1 aromatic rings. The Hall–Kier alpha value is -0.320. The molecule has 72 valence electrons. The molecule has 3 heteroatoms. The number of para-hydroxylation sites is 1. The summed E-state index contributed by atoms with van der Waals surface area (Å²) in [6, 6.07) is 4.93. The summed E-state index contributed by atoms with van der Waals surface area (Å²) in [6.07, 6.45) is 0. The standard InChI is InChI=1S/C10H12FIO/c1-7(2)6-13-10-8(11)4-3-5-9(10)12/h3-5,7H,6H2,1-2H3. The van der Waals surface area contributed by atoms with Crippen molar-refractivity contribution in [1.29, 1.82) is 0 Å². The van der Waals surface area contributed by atoms with Gasteiger partial charge in [0.05, 0.1) is 10.2 Å². The molecular weight excluding hydrogens is 282 g/mol. The minimum Gasteiger partial charge on any atom is -0.489 e. The topological polar surface area (TPSA) is 9.23 Å². The number of ether oxygens (including phenoxy) is 1. The van der Waals surface area contributed by atoms with E-state index in [0.717, 1.165) is 3.57 Å². The van der Waals surface area contributed by atoms with Gasteiger partial charge < -0.3 is 4.74 Å². The molecule has 13 heavy (non-hydrogen) atoms. The number of hydrogen-bond donors (Lipinski definition) is 0. The van der Waals surface area contributed by atoms with E-state index in [1.165, 1.54) is 6.07 Å². The number of benzene rings is 1. The molecule has 0 radical (unpaired) electrons. The Balaban J connectivity index is 2.75. The van der Waals surface area contributed by atoms with Gasteiger partial charge >= 0.3 is 0 Å². The van der Waals surface area contributed by atoms with E-state index < -0.39 is 0 Å². The van der Waals surface area contributed by atoms with Crippen molar-refractivity contribution in [3.63, 3.8) is 0 Å². The first-order valence-electron chi connectivity index (χ1n) is 4.18. The zero-order chi connectivity index (χ0) is 9.84. The summed E-state index contributed by atoms with van der Waals surface area (Å²) >= 11 is 2.07. The molecule has 0 N–H and O–H groups in total. The predicted molar refractivity (Wildman–Crippen MR) is 59.5 cm³/mol. The molecule has 0 aliphatic rings. The summed E-state index contributed by atoms with van der Waals surface area (Å²) in [4.78, 5) is 0. The molecular formula is C10H12FIO. The van der Waals surface area contributed by atoms with Crippen molar-refractivity contribution in [2.24, 2.45) is 5.92 Å². The quantitative estimate of drug-likeness (QED) is 0.776. The van der Waals surface area contributed by atoms with Crippen LogP contribution in [0.4, 0.5) is 4.39 Å². The summed E-state index contributed by atoms with van der Waals surface area (Å²) in [5.41, 5.74) is 0. The molecule has 0 fully saturated rings. The van der Waals surface area contributed by atoms with E-state index in [1.807, 2.05) is 19.9 Å². The molecule has 1 rings (SSSR count). The van der Waals surface area contributed by atoms with Gasteiger partial charge in [-0.25, -0.2) is 4.39 Å². The monoisotopic (exact) mass is 294 g/mol. The van der Waals surface area contributed by atoms with Crippen molar-refractivity contribution in [1.82, 2.24) is 0 Å². The fraction of sp³-hybridized carbons (Fsp3) is 0.400. The summed E-state index contributed by atoms with van der Waals surface area (Å²) in [7, 11) is 0. The second-order valence-corrected chi connectivity index (χ2v) is 4.42. The molecule has 0 bridgehead atoms. The first-order valence-corrected chi connectivity index (χ1v) is 5.26. The third kappa shape index (κ3) is 3.14. The molecule has 0 saturated carbocycles. The molecule has 1 aromatic carbocycles. The largest absolute Gasteiger partial charge is 0.489 e. The van der Waals surface area contributed by atoms with Gasteiger partial charge in [0.1, 0.15) is 0 Å². The van der Waals surface area contributed by atoms with Gasteiger partial charge in [0.25, 0.3) is 0 Å². The third-order valence-corrected chi connectivity index (χ3v) is 2.33. The molecule has 0 spiro atoms. The smallest absolute Gasteiger partial charge is 0.168 e. The average molecular weight is 294 g/mol. The molecule has 0 amide bonds. The first kappa shape index (κ1) is 10.8. The van der Waals surface area contributed by atoms with Crippen LogP contribution in [-0.2, 0) is 0 Å². The van der Waals surface area contributed by atoms with E-state index in [-0.39, 0.29) is 5.82 Å². The van der Waals surface area contributed by atoms with Gasteiger partial charge in [-0.05, 0) is 40.6 Å². The molecule has 0 heterocycles. The van der Waals surface area contributed by atoms with E-state index in [4.69, 9.17) is 4.74 Å². The van der Waals surface area contributed by atoms with Crippen LogP contribution in [0, 0.1) is 15.3 Å². The maximum atomic E-state index is 13.2. The van der Waals surface area contributed by atoms with Crippen molar-refractivity contribution < 1.29 is 9.13 Å².